The van der Waals surface area contributed by atoms with Gasteiger partial charge in [0.2, 0.25) is 0 Å². The molecule has 0 spiro atoms. The van der Waals surface area contributed by atoms with Crippen molar-refractivity contribution in [3.05, 3.63) is 0 Å². The van der Waals surface area contributed by atoms with Crippen LogP contribution in [0.3, 0.4) is 0 Å². The van der Waals surface area contributed by atoms with E-state index in [1.54, 1.807) is 0 Å². The number of phosphoric ester groups is 1. The van der Waals surface area contributed by atoms with Crippen LogP contribution in [0.2, 0.25) is 0 Å². The summed E-state index contributed by atoms with van der Waals surface area (Å²) >= 11 is 0. The minimum atomic E-state index is -5.72. The Bertz CT molecular complexity index is 2330. The molecule has 93 heavy (non-hydrogen) atoms. The summed E-state index contributed by atoms with van der Waals surface area (Å²) in [4.78, 5) is 21.4. The maximum Gasteiger partial charge on any atom is 1.00 e. The molecule has 41 atom stereocenters. The third-order valence-corrected chi connectivity index (χ3v) is 17.6. The van der Waals surface area contributed by atoms with Crippen LogP contribution in [-0.2, 0) is 84.9 Å². The summed E-state index contributed by atoms with van der Waals surface area (Å²) < 4.78 is 107. The Hall–Kier alpha value is 0.186. The Balaban J connectivity index is 0.0000111. The first-order valence-electron chi connectivity index (χ1n) is 28.9. The average Bonchev–Trinajstić information content (AvgIpc) is 0.784. The second-order valence-corrected chi connectivity index (χ2v) is 24.2. The van der Waals surface area contributed by atoms with Gasteiger partial charge in [-0.1, -0.05) is 0 Å². The summed E-state index contributed by atoms with van der Waals surface area (Å²) in [5.74, 6) is 0. The maximum absolute atomic E-state index is 11.8. The van der Waals surface area contributed by atoms with Gasteiger partial charge in [-0.2, -0.15) is 0 Å². The standard InChI is InChI=1S/C48H81O43P.K/c49-1-9-33-17(56)25(64)41(76-9)85-34-10(2-50)78-43(27(66)19(34)58)87-36-12(4-52)80-45(29(68)21(36)60)89-38-14(6-54)82-47(31(70)23(38)62)91-40-16(8-75-92(72,73)74)83-48(32(71)24(40)63)90-39-15(7-55)81-46(30(69)22(39)61)88-37-13(5-53)79-44(28(67)20(37)59)86-35-11(3-51)77-42(84-33)26(65)18(35)57;/h9-71H,1-8H2,(H2,72,73,74);/q;+1/p-1/t9-,10-,11-,12-,13-,14-,15-,16-,17-,18-,19-,20-,21-,22-,23-,24-,25-,26-,27-,28-,29-,30-,31-,32-,33-,34-,35-,36-,37-,38-,39-,40-,41-,42-,43-,44-,45-,46-,47-,48-;/m1./s1. The number of aliphatic hydroxyl groups is 23. The normalized spacial score (nSPS) is 53.6. The van der Waals surface area contributed by atoms with E-state index >= 15 is 0 Å². The molecule has 0 radical (unpaired) electrons. The molecule has 0 aromatic heterocycles. The molecule has 0 saturated carbocycles. The second kappa shape index (κ2) is 33.5. The average molecular weight is 1420 g/mol. The Morgan fingerprint density at radius 1 is 0.247 bits per heavy atom. The monoisotopic (exact) mass is 1410 g/mol. The van der Waals surface area contributed by atoms with Crippen molar-refractivity contribution in [1.82, 2.24) is 0 Å². The fraction of sp³-hybridized carbons (Fsp3) is 1.00. The van der Waals surface area contributed by atoms with Crippen molar-refractivity contribution in [1.29, 1.82) is 0 Å². The van der Waals surface area contributed by atoms with Gasteiger partial charge in [-0.05, 0) is 0 Å². The zero-order chi connectivity index (χ0) is 67.3. The molecule has 43 nitrogen and oxygen atoms in total. The molecular weight excluding hydrogens is 1330 g/mol. The van der Waals surface area contributed by atoms with E-state index in [1.165, 1.54) is 0 Å². The molecule has 30 saturated heterocycles. The number of hydrogen-bond acceptors (Lipinski definition) is 42. The SMILES string of the molecule is O=P([O-])(O)OC[C@H]1O[C@@H]2O[C@H]3[C@H](O)[C@@H](O)[C@@H](O[C@H]4[C@H](O)[C@@H](O)[C@@H](O[C@H]5[C@H](O)[C@@H](O)[C@@H](O[C@H]6[C@H](O)[C@@H](O)[C@@H](O[C@H]7[C@H](O)[C@@H](O)[C@@H](O[C@H]8[C@H](O)[C@@H](O)[C@@H](O[C@H]9[C@H](O)[C@@H](O)[C@@H](O[C@H]1[C@H](O)[C@H]2O)O[C@@H]9CO)O[C@@H]8CO)O[C@@H]7CO)O[C@@H]6CO)O[C@@H]5CO)O[C@@H]4CO)O[C@@H]3CO.[K+]. The molecule has 30 aliphatic rings. The molecule has 30 aliphatic heterocycles. The van der Waals surface area contributed by atoms with Crippen molar-refractivity contribution in [2.45, 2.75) is 246 Å². The molecule has 45 heteroatoms. The zero-order valence-corrected chi connectivity index (χ0v) is 52.7. The van der Waals surface area contributed by atoms with E-state index in [0.717, 1.165) is 0 Å². The number of rotatable bonds is 10. The van der Waals surface area contributed by atoms with E-state index in [-0.39, 0.29) is 51.4 Å². The molecule has 24 N–H and O–H groups in total. The van der Waals surface area contributed by atoms with Gasteiger partial charge in [-0.25, -0.2) is 0 Å². The smallest absolute Gasteiger partial charge is 0.756 e. The summed E-state index contributed by atoms with van der Waals surface area (Å²) in [6.07, 6.45) is -85.3. The zero-order valence-electron chi connectivity index (χ0n) is 48.7. The van der Waals surface area contributed by atoms with Crippen LogP contribution in [0.4, 0.5) is 0 Å². The molecule has 0 amide bonds. The van der Waals surface area contributed by atoms with Gasteiger partial charge in [0.05, 0.1) is 52.9 Å². The molecule has 0 aromatic carbocycles. The second-order valence-electron chi connectivity index (χ2n) is 23.0. The van der Waals surface area contributed by atoms with E-state index in [0.29, 0.717) is 0 Å². The molecule has 0 aromatic rings. The van der Waals surface area contributed by atoms with Crippen molar-refractivity contribution in [2.75, 3.05) is 52.9 Å². The molecule has 30 rings (SSSR count). The summed E-state index contributed by atoms with van der Waals surface area (Å²) in [5, 5.41) is 255. The molecule has 30 heterocycles. The van der Waals surface area contributed by atoms with Crippen LogP contribution in [0.15, 0.2) is 0 Å². The fourth-order valence-electron chi connectivity index (χ4n) is 12.1. The maximum atomic E-state index is 11.8. The third kappa shape index (κ3) is 16.7. The van der Waals surface area contributed by atoms with Gasteiger partial charge >= 0.3 is 51.4 Å². The topological polar surface area (TPSA) is 683 Å². The minimum absolute atomic E-state index is 0. The largest absolute Gasteiger partial charge is 1.00 e. The quantitative estimate of drug-likeness (QED) is 0.0713. The molecule has 1 unspecified atom stereocenters. The first-order valence-corrected chi connectivity index (χ1v) is 30.4. The van der Waals surface area contributed by atoms with Gasteiger partial charge in [0.15, 0.2) is 50.3 Å². The number of aliphatic hydroxyl groups excluding tert-OH is 23. The van der Waals surface area contributed by atoms with Gasteiger partial charge in [0.25, 0.3) is 7.82 Å². The van der Waals surface area contributed by atoms with Gasteiger partial charge < -0.3 is 208 Å². The van der Waals surface area contributed by atoms with Gasteiger partial charge in [0, 0.05) is 0 Å². The van der Waals surface area contributed by atoms with Gasteiger partial charge in [0.1, 0.15) is 195 Å². The van der Waals surface area contributed by atoms with Crippen LogP contribution < -0.4 is 56.3 Å². The summed E-state index contributed by atoms with van der Waals surface area (Å²) in [5.41, 5.74) is 0. The van der Waals surface area contributed by atoms with Crippen molar-refractivity contribution < 1.29 is 264 Å². The van der Waals surface area contributed by atoms with Gasteiger partial charge in [-0.3, -0.25) is 4.57 Å². The van der Waals surface area contributed by atoms with E-state index < -0.39 is 306 Å². The van der Waals surface area contributed by atoms with E-state index in [1.807, 2.05) is 0 Å². The van der Waals surface area contributed by atoms with Crippen LogP contribution in [-0.4, -0.2) is 421 Å². The van der Waals surface area contributed by atoms with Crippen molar-refractivity contribution >= 4 is 7.82 Å². The van der Waals surface area contributed by atoms with Crippen LogP contribution in [0, 0.1) is 0 Å². The van der Waals surface area contributed by atoms with Crippen LogP contribution in [0.1, 0.15) is 0 Å². The van der Waals surface area contributed by atoms with Crippen molar-refractivity contribution in [2.24, 2.45) is 0 Å². The van der Waals surface area contributed by atoms with Crippen LogP contribution in [0.25, 0.3) is 0 Å². The first-order chi connectivity index (χ1) is 43.5. The molecule has 16 bridgehead atoms. The minimum Gasteiger partial charge on any atom is -0.756 e. The van der Waals surface area contributed by atoms with Gasteiger partial charge in [-0.15, -0.1) is 0 Å². The van der Waals surface area contributed by atoms with E-state index in [9.17, 15) is 132 Å². The molecule has 536 valence electrons. The number of phosphoric acid groups is 1. The molecule has 0 aliphatic carbocycles. The Labute approximate surface area is 566 Å². The number of ether oxygens (including phenoxy) is 16. The van der Waals surface area contributed by atoms with Crippen molar-refractivity contribution in [3.8, 4) is 0 Å². The van der Waals surface area contributed by atoms with Crippen molar-refractivity contribution in [3.63, 3.8) is 0 Å². The summed E-state index contributed by atoms with van der Waals surface area (Å²) in [6.45, 7) is -9.25. The summed E-state index contributed by atoms with van der Waals surface area (Å²) in [7, 11) is -5.72. The summed E-state index contributed by atoms with van der Waals surface area (Å²) in [6, 6.07) is 0. The predicted octanol–water partition coefficient (Wildman–Crippen LogP) is -20.9. The Morgan fingerprint density at radius 3 is 0.505 bits per heavy atom. The Morgan fingerprint density at radius 2 is 0.376 bits per heavy atom. The predicted molar refractivity (Wildman–Crippen MR) is 270 cm³/mol. The van der Waals surface area contributed by atoms with Crippen LogP contribution >= 0.6 is 7.82 Å². The Kier molecular flexibility index (Phi) is 28.5. The van der Waals surface area contributed by atoms with E-state index in [4.69, 9.17) is 75.8 Å². The fourth-order valence-corrected chi connectivity index (χ4v) is 12.4. The van der Waals surface area contributed by atoms with E-state index in [2.05, 4.69) is 4.52 Å². The number of hydrogen-bond donors (Lipinski definition) is 24. The third-order valence-electron chi connectivity index (χ3n) is 17.1. The molecule has 30 fully saturated rings. The first kappa shape index (κ1) is 78.9. The van der Waals surface area contributed by atoms with Crippen LogP contribution in [0.5, 0.6) is 0 Å². The molecular formula is C48H80KO43P.